The Balaban J connectivity index is 2.00. The first-order chi connectivity index (χ1) is 9.74. The molecule has 2 rings (SSSR count). The minimum atomic E-state index is 0.651. The predicted molar refractivity (Wildman–Crippen MR) is 88.3 cm³/mol. The molecule has 0 aliphatic rings. The van der Waals surface area contributed by atoms with Crippen LogP contribution >= 0.6 is 22.9 Å². The number of aromatic nitrogens is 1. The number of halogens is 1. The summed E-state index contributed by atoms with van der Waals surface area (Å²) in [6.45, 7) is 6.16. The first-order valence-corrected chi connectivity index (χ1v) is 7.68. The number of anilines is 2. The monoisotopic (exact) mass is 308 g/mol. The minimum Gasteiger partial charge on any atom is -0.349 e. The zero-order valence-electron chi connectivity index (χ0n) is 11.5. The SMILES string of the molecule is CCN(CC)c1ncc(/C=N\Nc2ccccc2Cl)s1. The number of nitrogens with one attached hydrogen (secondary N) is 1. The normalized spacial score (nSPS) is 10.9. The summed E-state index contributed by atoms with van der Waals surface area (Å²) in [6, 6.07) is 7.50. The molecule has 1 heterocycles. The highest BCUT2D eigenvalue weighted by molar-refractivity contribution is 7.17. The third kappa shape index (κ3) is 3.71. The molecule has 0 saturated heterocycles. The molecule has 0 spiro atoms. The van der Waals surface area contributed by atoms with Crippen molar-refractivity contribution in [1.82, 2.24) is 4.98 Å². The van der Waals surface area contributed by atoms with Crippen molar-refractivity contribution < 1.29 is 0 Å². The van der Waals surface area contributed by atoms with Crippen LogP contribution in [0, 0.1) is 0 Å². The molecule has 0 bridgehead atoms. The maximum atomic E-state index is 6.04. The summed E-state index contributed by atoms with van der Waals surface area (Å²) < 4.78 is 0. The molecule has 0 atom stereocenters. The lowest BCUT2D eigenvalue weighted by Crippen LogP contribution is -2.21. The number of hydrogen-bond acceptors (Lipinski definition) is 5. The minimum absolute atomic E-state index is 0.651. The molecule has 1 N–H and O–H groups in total. The van der Waals surface area contributed by atoms with Gasteiger partial charge in [0, 0.05) is 19.3 Å². The van der Waals surface area contributed by atoms with Crippen LogP contribution < -0.4 is 10.3 Å². The van der Waals surface area contributed by atoms with Gasteiger partial charge in [-0.25, -0.2) is 4.98 Å². The summed E-state index contributed by atoms with van der Waals surface area (Å²) >= 11 is 7.66. The van der Waals surface area contributed by atoms with Crippen LogP contribution in [0.15, 0.2) is 35.6 Å². The van der Waals surface area contributed by atoms with Gasteiger partial charge in [-0.05, 0) is 26.0 Å². The summed E-state index contributed by atoms with van der Waals surface area (Å²) in [7, 11) is 0. The van der Waals surface area contributed by atoms with Gasteiger partial charge in [0.15, 0.2) is 5.13 Å². The number of hydrazone groups is 1. The van der Waals surface area contributed by atoms with Crippen LogP contribution in [-0.4, -0.2) is 24.3 Å². The molecule has 0 saturated carbocycles. The molecule has 0 aliphatic carbocycles. The predicted octanol–water partition coefficient (Wildman–Crippen LogP) is 4.09. The second-order valence-electron chi connectivity index (χ2n) is 4.07. The van der Waals surface area contributed by atoms with Gasteiger partial charge in [-0.15, -0.1) is 0 Å². The molecule has 1 aromatic heterocycles. The summed E-state index contributed by atoms with van der Waals surface area (Å²) in [5, 5.41) is 5.86. The van der Waals surface area contributed by atoms with Crippen LogP contribution in [0.25, 0.3) is 0 Å². The Bertz CT molecular complexity index is 578. The van der Waals surface area contributed by atoms with Crippen LogP contribution in [0.4, 0.5) is 10.8 Å². The molecule has 2 aromatic rings. The Kier molecular flexibility index (Phi) is 5.38. The topological polar surface area (TPSA) is 40.5 Å². The first-order valence-electron chi connectivity index (χ1n) is 6.49. The largest absolute Gasteiger partial charge is 0.349 e. The summed E-state index contributed by atoms with van der Waals surface area (Å²) in [6.07, 6.45) is 3.59. The number of thiazole rings is 1. The van der Waals surface area contributed by atoms with Crippen LogP contribution in [0.2, 0.25) is 5.02 Å². The highest BCUT2D eigenvalue weighted by Gasteiger charge is 2.06. The fourth-order valence-electron chi connectivity index (χ4n) is 1.69. The summed E-state index contributed by atoms with van der Waals surface area (Å²) in [4.78, 5) is 7.62. The first kappa shape index (κ1) is 14.8. The molecule has 0 fully saturated rings. The Hall–Kier alpha value is -1.59. The highest BCUT2D eigenvalue weighted by Crippen LogP contribution is 2.22. The maximum absolute atomic E-state index is 6.04. The van der Waals surface area contributed by atoms with Crippen LogP contribution in [0.5, 0.6) is 0 Å². The van der Waals surface area contributed by atoms with Crippen molar-refractivity contribution in [3.8, 4) is 0 Å². The van der Waals surface area contributed by atoms with Crippen molar-refractivity contribution in [2.45, 2.75) is 13.8 Å². The lowest BCUT2D eigenvalue weighted by Gasteiger charge is -2.16. The van der Waals surface area contributed by atoms with Crippen LogP contribution in [0.1, 0.15) is 18.7 Å². The van der Waals surface area contributed by atoms with E-state index in [2.05, 4.69) is 34.3 Å². The van der Waals surface area contributed by atoms with Gasteiger partial charge >= 0.3 is 0 Å². The molecule has 20 heavy (non-hydrogen) atoms. The number of rotatable bonds is 6. The molecule has 0 unspecified atom stereocenters. The summed E-state index contributed by atoms with van der Waals surface area (Å²) in [5.41, 5.74) is 3.72. The molecule has 0 radical (unpaired) electrons. The second kappa shape index (κ2) is 7.26. The van der Waals surface area contributed by atoms with E-state index in [1.54, 1.807) is 17.6 Å². The summed E-state index contributed by atoms with van der Waals surface area (Å²) in [5.74, 6) is 0. The van der Waals surface area contributed by atoms with Crippen molar-refractivity contribution in [3.63, 3.8) is 0 Å². The van der Waals surface area contributed by atoms with Crippen molar-refractivity contribution in [3.05, 3.63) is 40.4 Å². The van der Waals surface area contributed by atoms with E-state index in [0.717, 1.165) is 28.8 Å². The van der Waals surface area contributed by atoms with Gasteiger partial charge in [-0.3, -0.25) is 5.43 Å². The van der Waals surface area contributed by atoms with E-state index in [-0.39, 0.29) is 0 Å². The van der Waals surface area contributed by atoms with Gasteiger partial charge in [0.2, 0.25) is 0 Å². The fraction of sp³-hybridized carbons (Fsp3) is 0.286. The zero-order valence-corrected chi connectivity index (χ0v) is 13.1. The quantitative estimate of drug-likeness (QED) is 0.645. The highest BCUT2D eigenvalue weighted by atomic mass is 35.5. The van der Waals surface area contributed by atoms with E-state index in [1.165, 1.54) is 0 Å². The molecule has 106 valence electrons. The number of benzene rings is 1. The van der Waals surface area contributed by atoms with Gasteiger partial charge < -0.3 is 4.90 Å². The van der Waals surface area contributed by atoms with E-state index in [9.17, 15) is 0 Å². The number of para-hydroxylation sites is 1. The molecule has 0 aliphatic heterocycles. The van der Waals surface area contributed by atoms with E-state index in [4.69, 9.17) is 11.6 Å². The Morgan fingerprint density at radius 2 is 2.10 bits per heavy atom. The smallest absolute Gasteiger partial charge is 0.185 e. The standard InChI is InChI=1S/C14H17ClN4S/c1-3-19(4-2)14-16-9-11(20-14)10-17-18-13-8-6-5-7-12(13)15/h5-10,18H,3-4H2,1-2H3/b17-10-. The van der Waals surface area contributed by atoms with Crippen LogP contribution in [0.3, 0.4) is 0 Å². The second-order valence-corrected chi connectivity index (χ2v) is 5.52. The van der Waals surface area contributed by atoms with Crippen molar-refractivity contribution >= 4 is 40.0 Å². The van der Waals surface area contributed by atoms with Gasteiger partial charge in [0.25, 0.3) is 0 Å². The van der Waals surface area contributed by atoms with Gasteiger partial charge in [-0.1, -0.05) is 35.1 Å². The van der Waals surface area contributed by atoms with Gasteiger partial charge in [0.05, 0.1) is 21.8 Å². The molecular formula is C14H17ClN4S. The molecule has 6 heteroatoms. The molecular weight excluding hydrogens is 292 g/mol. The van der Waals surface area contributed by atoms with Crippen LogP contribution in [-0.2, 0) is 0 Å². The lowest BCUT2D eigenvalue weighted by molar-refractivity contribution is 0.860. The molecule has 0 amide bonds. The van der Waals surface area contributed by atoms with Crippen molar-refractivity contribution in [2.75, 3.05) is 23.4 Å². The van der Waals surface area contributed by atoms with E-state index < -0.39 is 0 Å². The Morgan fingerprint density at radius 3 is 2.80 bits per heavy atom. The number of hydrogen-bond donors (Lipinski definition) is 1. The van der Waals surface area contributed by atoms with E-state index in [0.29, 0.717) is 5.02 Å². The Labute approximate surface area is 128 Å². The number of nitrogens with zero attached hydrogens (tertiary/aromatic N) is 3. The Morgan fingerprint density at radius 1 is 1.35 bits per heavy atom. The average molecular weight is 309 g/mol. The third-order valence-corrected chi connectivity index (χ3v) is 4.12. The molecule has 1 aromatic carbocycles. The van der Waals surface area contributed by atoms with E-state index in [1.807, 2.05) is 30.5 Å². The average Bonchev–Trinajstić information content (AvgIpc) is 2.91. The van der Waals surface area contributed by atoms with Gasteiger partial charge in [-0.2, -0.15) is 5.10 Å². The van der Waals surface area contributed by atoms with Crippen molar-refractivity contribution in [1.29, 1.82) is 0 Å². The molecule has 4 nitrogen and oxygen atoms in total. The van der Waals surface area contributed by atoms with Gasteiger partial charge in [0.1, 0.15) is 0 Å². The zero-order chi connectivity index (χ0) is 14.4. The van der Waals surface area contributed by atoms with E-state index >= 15 is 0 Å². The fourth-order valence-corrected chi connectivity index (χ4v) is 2.79. The maximum Gasteiger partial charge on any atom is 0.185 e. The lowest BCUT2D eigenvalue weighted by atomic mass is 10.3. The third-order valence-electron chi connectivity index (χ3n) is 2.80. The van der Waals surface area contributed by atoms with Crippen molar-refractivity contribution in [2.24, 2.45) is 5.10 Å².